The number of anilines is 1. The van der Waals surface area contributed by atoms with Crippen molar-refractivity contribution < 1.29 is 24.2 Å². The van der Waals surface area contributed by atoms with Gasteiger partial charge in [0.2, 0.25) is 0 Å². The zero-order chi connectivity index (χ0) is 22.8. The van der Waals surface area contributed by atoms with Crippen LogP contribution < -0.4 is 4.90 Å². The molecule has 1 atom stereocenters. The van der Waals surface area contributed by atoms with Crippen LogP contribution in [-0.2, 0) is 14.3 Å². The third-order valence-corrected chi connectivity index (χ3v) is 5.47. The molecule has 0 aliphatic carbocycles. The molecule has 0 saturated carbocycles. The van der Waals surface area contributed by atoms with Crippen molar-refractivity contribution in [2.45, 2.75) is 32.8 Å². The summed E-state index contributed by atoms with van der Waals surface area (Å²) < 4.78 is 11.0. The summed E-state index contributed by atoms with van der Waals surface area (Å²) in [7, 11) is 3.91. The summed E-state index contributed by atoms with van der Waals surface area (Å²) in [5, 5.41) is 9.94. The second kappa shape index (κ2) is 8.94. The number of cyclic esters (lactones) is 1. The van der Waals surface area contributed by atoms with Crippen LogP contribution in [0.5, 0.6) is 0 Å². The van der Waals surface area contributed by atoms with Crippen LogP contribution in [-0.4, -0.2) is 50.0 Å². The predicted molar refractivity (Wildman–Crippen MR) is 120 cm³/mol. The summed E-state index contributed by atoms with van der Waals surface area (Å²) in [5.74, 6) is -1.000. The van der Waals surface area contributed by atoms with Gasteiger partial charge in [-0.1, -0.05) is 29.8 Å². The van der Waals surface area contributed by atoms with Crippen molar-refractivity contribution >= 4 is 23.7 Å². The second-order valence-corrected chi connectivity index (χ2v) is 8.41. The molecule has 0 radical (unpaired) electrons. The minimum atomic E-state index is -1.27. The highest BCUT2D eigenvalue weighted by Gasteiger charge is 2.44. The third-order valence-electron chi connectivity index (χ3n) is 5.47. The molecule has 3 rings (SSSR count). The maximum absolute atomic E-state index is 12.7. The van der Waals surface area contributed by atoms with Crippen molar-refractivity contribution in [3.8, 4) is 0 Å². The number of benzene rings is 2. The Morgan fingerprint density at radius 3 is 2.32 bits per heavy atom. The first-order valence-electron chi connectivity index (χ1n) is 10.2. The van der Waals surface area contributed by atoms with Crippen LogP contribution >= 0.6 is 0 Å². The van der Waals surface area contributed by atoms with Crippen molar-refractivity contribution in [1.29, 1.82) is 0 Å². The van der Waals surface area contributed by atoms with Crippen molar-refractivity contribution in [2.24, 2.45) is 0 Å². The van der Waals surface area contributed by atoms with Crippen molar-refractivity contribution in [3.63, 3.8) is 0 Å². The first-order valence-corrected chi connectivity index (χ1v) is 10.2. The van der Waals surface area contributed by atoms with E-state index in [0.29, 0.717) is 11.1 Å². The Balaban J connectivity index is 1.74. The molecule has 6 heteroatoms. The van der Waals surface area contributed by atoms with E-state index in [0.717, 1.165) is 27.9 Å². The summed E-state index contributed by atoms with van der Waals surface area (Å²) in [6, 6.07) is 11.6. The van der Waals surface area contributed by atoms with Gasteiger partial charge >= 0.3 is 11.9 Å². The van der Waals surface area contributed by atoms with Gasteiger partial charge in [-0.05, 0) is 55.7 Å². The molecule has 0 aromatic heterocycles. The number of rotatable bonds is 6. The smallest absolute Gasteiger partial charge is 0.338 e. The maximum Gasteiger partial charge on any atom is 0.338 e. The van der Waals surface area contributed by atoms with E-state index < -0.39 is 24.1 Å². The Morgan fingerprint density at radius 1 is 1.16 bits per heavy atom. The van der Waals surface area contributed by atoms with E-state index in [1.165, 1.54) is 0 Å². The number of nitrogens with zero attached hydrogens (tertiary/aromatic N) is 1. The zero-order valence-corrected chi connectivity index (χ0v) is 18.7. The molecule has 6 nitrogen and oxygen atoms in total. The minimum absolute atomic E-state index is 0.164. The van der Waals surface area contributed by atoms with E-state index in [-0.39, 0.29) is 13.0 Å². The number of aliphatic hydroxyl groups excluding tert-OH is 1. The number of hydrogen-bond acceptors (Lipinski definition) is 6. The summed E-state index contributed by atoms with van der Waals surface area (Å²) in [5.41, 5.74) is 4.29. The van der Waals surface area contributed by atoms with Gasteiger partial charge in [0.1, 0.15) is 6.61 Å². The molecule has 0 amide bonds. The summed E-state index contributed by atoms with van der Waals surface area (Å²) in [6.45, 7) is 5.04. The van der Waals surface area contributed by atoms with Crippen LogP contribution in [0.25, 0.3) is 6.08 Å². The van der Waals surface area contributed by atoms with Gasteiger partial charge in [0.15, 0.2) is 5.60 Å². The quantitative estimate of drug-likeness (QED) is 0.565. The standard InChI is InChI=1S/C25H29NO5/c1-16-10-17(2)22(18(3)11-16)24(29)30-15-25(14-27)13-20(23(28)31-25)12-19-6-8-21(9-7-19)26(4)5/h6-12,27H,13-15H2,1-5H3/b20-12+. The van der Waals surface area contributed by atoms with Gasteiger partial charge in [-0.15, -0.1) is 0 Å². The first-order chi connectivity index (χ1) is 14.6. The van der Waals surface area contributed by atoms with Gasteiger partial charge in [0.05, 0.1) is 12.2 Å². The number of aryl methyl sites for hydroxylation is 3. The van der Waals surface area contributed by atoms with Gasteiger partial charge in [-0.25, -0.2) is 9.59 Å². The van der Waals surface area contributed by atoms with Gasteiger partial charge in [-0.2, -0.15) is 0 Å². The number of carbonyl (C=O) groups is 2. The normalized spacial score (nSPS) is 19.4. The van der Waals surface area contributed by atoms with Gasteiger partial charge < -0.3 is 19.5 Å². The van der Waals surface area contributed by atoms with Crippen molar-refractivity contribution in [2.75, 3.05) is 32.2 Å². The number of ether oxygens (including phenoxy) is 2. The average molecular weight is 424 g/mol. The predicted octanol–water partition coefficient (Wildman–Crippen LogP) is 3.60. The lowest BCUT2D eigenvalue weighted by molar-refractivity contribution is -0.154. The summed E-state index contributed by atoms with van der Waals surface area (Å²) >= 11 is 0. The molecule has 1 unspecified atom stereocenters. The van der Waals surface area contributed by atoms with Crippen LogP contribution in [0.2, 0.25) is 0 Å². The Hall–Kier alpha value is -3.12. The zero-order valence-electron chi connectivity index (χ0n) is 18.7. The number of carbonyl (C=O) groups excluding carboxylic acids is 2. The van der Waals surface area contributed by atoms with Gasteiger partial charge in [-0.3, -0.25) is 0 Å². The lowest BCUT2D eigenvalue weighted by Gasteiger charge is -2.24. The van der Waals surface area contributed by atoms with Crippen LogP contribution in [0.1, 0.15) is 39.0 Å². The van der Waals surface area contributed by atoms with Crippen molar-refractivity contribution in [1.82, 2.24) is 0 Å². The molecule has 2 aromatic rings. The molecule has 31 heavy (non-hydrogen) atoms. The van der Waals surface area contributed by atoms with Gasteiger partial charge in [0, 0.05) is 31.8 Å². The monoisotopic (exact) mass is 423 g/mol. The molecular formula is C25H29NO5. The highest BCUT2D eigenvalue weighted by molar-refractivity contribution is 5.96. The van der Waals surface area contributed by atoms with E-state index in [2.05, 4.69) is 0 Å². The Kier molecular flexibility index (Phi) is 6.51. The Morgan fingerprint density at radius 2 is 1.77 bits per heavy atom. The lowest BCUT2D eigenvalue weighted by Crippen LogP contribution is -2.39. The molecular weight excluding hydrogens is 394 g/mol. The molecule has 1 saturated heterocycles. The molecule has 1 heterocycles. The van der Waals surface area contributed by atoms with Gasteiger partial charge in [0.25, 0.3) is 0 Å². The molecule has 1 aliphatic rings. The first kappa shape index (κ1) is 22.6. The van der Waals surface area contributed by atoms with E-state index >= 15 is 0 Å². The summed E-state index contributed by atoms with van der Waals surface area (Å²) in [4.78, 5) is 27.1. The van der Waals surface area contributed by atoms with Crippen LogP contribution in [0.3, 0.4) is 0 Å². The van der Waals surface area contributed by atoms with E-state index in [1.54, 1.807) is 6.08 Å². The number of esters is 2. The van der Waals surface area contributed by atoms with Crippen LogP contribution in [0.4, 0.5) is 5.69 Å². The maximum atomic E-state index is 12.7. The number of hydrogen-bond donors (Lipinski definition) is 1. The van der Waals surface area contributed by atoms with E-state index in [1.807, 2.05) is 76.2 Å². The fourth-order valence-electron chi connectivity index (χ4n) is 3.88. The van der Waals surface area contributed by atoms with Crippen LogP contribution in [0, 0.1) is 20.8 Å². The second-order valence-electron chi connectivity index (χ2n) is 8.41. The molecule has 1 fully saturated rings. The highest BCUT2D eigenvalue weighted by atomic mass is 16.6. The third kappa shape index (κ3) is 4.97. The molecule has 164 valence electrons. The lowest BCUT2D eigenvalue weighted by atomic mass is 9.97. The number of aliphatic hydroxyl groups is 1. The fourth-order valence-corrected chi connectivity index (χ4v) is 3.88. The molecule has 1 aliphatic heterocycles. The SMILES string of the molecule is Cc1cc(C)c(C(=O)OCC2(CO)C/C(=C\c3ccc(N(C)C)cc3)C(=O)O2)c(C)c1. The van der Waals surface area contributed by atoms with Crippen molar-refractivity contribution in [3.05, 3.63) is 69.8 Å². The van der Waals surface area contributed by atoms with E-state index in [4.69, 9.17) is 9.47 Å². The molecule has 2 aromatic carbocycles. The fraction of sp³-hybridized carbons (Fsp3) is 0.360. The largest absolute Gasteiger partial charge is 0.458 e. The average Bonchev–Trinajstić information content (AvgIpc) is 3.02. The highest BCUT2D eigenvalue weighted by Crippen LogP contribution is 2.33. The topological polar surface area (TPSA) is 76.1 Å². The molecule has 0 spiro atoms. The van der Waals surface area contributed by atoms with E-state index in [9.17, 15) is 14.7 Å². The van der Waals surface area contributed by atoms with Crippen LogP contribution in [0.15, 0.2) is 42.0 Å². The Bertz CT molecular complexity index is 1000. The molecule has 1 N–H and O–H groups in total. The summed E-state index contributed by atoms with van der Waals surface area (Å²) in [6.07, 6.45) is 1.91. The molecule has 0 bridgehead atoms. The Labute approximate surface area is 183 Å². The minimum Gasteiger partial charge on any atom is -0.458 e.